The fourth-order valence-corrected chi connectivity index (χ4v) is 2.75. The summed E-state index contributed by atoms with van der Waals surface area (Å²) >= 11 is 0. The van der Waals surface area contributed by atoms with Crippen molar-refractivity contribution in [2.45, 2.75) is 38.7 Å². The number of rotatable bonds is 4. The van der Waals surface area contributed by atoms with Crippen molar-refractivity contribution in [1.82, 2.24) is 4.90 Å². The molecule has 0 aliphatic carbocycles. The smallest absolute Gasteiger partial charge is 0.310 e. The van der Waals surface area contributed by atoms with E-state index in [1.54, 1.807) is 0 Å². The molecule has 98 valence electrons. The molecule has 2 aliphatic rings. The number of piperidine rings is 1. The first kappa shape index (κ1) is 12.8. The lowest BCUT2D eigenvalue weighted by Crippen LogP contribution is -2.42. The first-order valence-corrected chi connectivity index (χ1v) is 6.80. The van der Waals surface area contributed by atoms with Crippen LogP contribution in [0.25, 0.3) is 0 Å². The number of likely N-dealkylation sites (tertiary alicyclic amines) is 1. The Morgan fingerprint density at radius 2 is 2.29 bits per heavy atom. The van der Waals surface area contributed by atoms with Crippen molar-refractivity contribution in [1.29, 1.82) is 0 Å². The van der Waals surface area contributed by atoms with E-state index in [1.165, 1.54) is 12.8 Å². The Kier molecular flexibility index (Phi) is 4.80. The monoisotopic (exact) mass is 241 g/mol. The van der Waals surface area contributed by atoms with Crippen LogP contribution in [0.1, 0.15) is 32.6 Å². The van der Waals surface area contributed by atoms with E-state index in [1.807, 2.05) is 6.92 Å². The topological polar surface area (TPSA) is 38.8 Å². The maximum Gasteiger partial charge on any atom is 0.310 e. The molecular formula is C13H23NO3. The van der Waals surface area contributed by atoms with Crippen LogP contribution in [0.3, 0.4) is 0 Å². The third kappa shape index (κ3) is 3.68. The van der Waals surface area contributed by atoms with Gasteiger partial charge in [0.15, 0.2) is 0 Å². The van der Waals surface area contributed by atoms with Crippen molar-refractivity contribution >= 4 is 5.97 Å². The molecule has 2 aliphatic heterocycles. The highest BCUT2D eigenvalue weighted by Crippen LogP contribution is 2.20. The Labute approximate surface area is 103 Å². The zero-order valence-corrected chi connectivity index (χ0v) is 10.7. The number of esters is 1. The second kappa shape index (κ2) is 6.36. The van der Waals surface area contributed by atoms with E-state index >= 15 is 0 Å². The molecule has 0 aromatic rings. The van der Waals surface area contributed by atoms with Gasteiger partial charge in [-0.15, -0.1) is 0 Å². The number of carbonyl (C=O) groups excluding carboxylic acids is 1. The number of ether oxygens (including phenoxy) is 2. The molecular weight excluding hydrogens is 218 g/mol. The lowest BCUT2D eigenvalue weighted by Gasteiger charge is -2.32. The van der Waals surface area contributed by atoms with E-state index in [-0.39, 0.29) is 11.9 Å². The minimum absolute atomic E-state index is 0.0236. The summed E-state index contributed by atoms with van der Waals surface area (Å²) in [7, 11) is 0. The number of nitrogens with zero attached hydrogens (tertiary/aromatic N) is 1. The average Bonchev–Trinajstić information content (AvgIpc) is 2.82. The van der Waals surface area contributed by atoms with Crippen molar-refractivity contribution in [2.24, 2.45) is 5.92 Å². The molecule has 17 heavy (non-hydrogen) atoms. The molecule has 2 fully saturated rings. The molecule has 2 atom stereocenters. The fourth-order valence-electron chi connectivity index (χ4n) is 2.75. The Bertz CT molecular complexity index is 251. The van der Waals surface area contributed by atoms with Crippen LogP contribution in [0, 0.1) is 5.92 Å². The fraction of sp³-hybridized carbons (Fsp3) is 0.923. The summed E-state index contributed by atoms with van der Waals surface area (Å²) in [6.45, 7) is 6.18. The predicted octanol–water partition coefficient (Wildman–Crippen LogP) is 1.44. The third-order valence-corrected chi connectivity index (χ3v) is 3.61. The maximum atomic E-state index is 11.7. The average molecular weight is 241 g/mol. The van der Waals surface area contributed by atoms with Gasteiger partial charge in [-0.25, -0.2) is 0 Å². The van der Waals surface area contributed by atoms with E-state index < -0.39 is 0 Å². The van der Waals surface area contributed by atoms with Gasteiger partial charge < -0.3 is 9.47 Å². The zero-order valence-electron chi connectivity index (χ0n) is 10.7. The molecule has 2 saturated heterocycles. The largest absolute Gasteiger partial charge is 0.466 e. The second-order valence-corrected chi connectivity index (χ2v) is 4.99. The molecule has 0 saturated carbocycles. The third-order valence-electron chi connectivity index (χ3n) is 3.61. The first-order chi connectivity index (χ1) is 8.29. The Morgan fingerprint density at radius 3 is 3.00 bits per heavy atom. The van der Waals surface area contributed by atoms with Crippen molar-refractivity contribution in [3.63, 3.8) is 0 Å². The van der Waals surface area contributed by atoms with Gasteiger partial charge in [0, 0.05) is 19.7 Å². The van der Waals surface area contributed by atoms with Crippen LogP contribution in [0.15, 0.2) is 0 Å². The molecule has 0 spiro atoms. The number of hydrogen-bond acceptors (Lipinski definition) is 4. The zero-order chi connectivity index (χ0) is 12.1. The molecule has 2 rings (SSSR count). The first-order valence-electron chi connectivity index (χ1n) is 6.80. The van der Waals surface area contributed by atoms with Crippen LogP contribution < -0.4 is 0 Å². The molecule has 4 nitrogen and oxygen atoms in total. The van der Waals surface area contributed by atoms with Crippen LogP contribution in [0.4, 0.5) is 0 Å². The van der Waals surface area contributed by atoms with E-state index in [9.17, 15) is 4.79 Å². The van der Waals surface area contributed by atoms with E-state index in [0.29, 0.717) is 12.7 Å². The summed E-state index contributed by atoms with van der Waals surface area (Å²) < 4.78 is 10.7. The Morgan fingerprint density at radius 1 is 1.41 bits per heavy atom. The normalized spacial score (nSPS) is 30.4. The molecule has 0 N–H and O–H groups in total. The van der Waals surface area contributed by atoms with E-state index in [2.05, 4.69) is 4.90 Å². The molecule has 1 unspecified atom stereocenters. The van der Waals surface area contributed by atoms with Crippen LogP contribution in [-0.4, -0.2) is 49.8 Å². The quantitative estimate of drug-likeness (QED) is 0.698. The lowest BCUT2D eigenvalue weighted by atomic mass is 9.98. The summed E-state index contributed by atoms with van der Waals surface area (Å²) in [6.07, 6.45) is 4.80. The maximum absolute atomic E-state index is 11.7. The van der Waals surface area contributed by atoms with Gasteiger partial charge in [0.2, 0.25) is 0 Å². The summed E-state index contributed by atoms with van der Waals surface area (Å²) in [6, 6.07) is 0. The Balaban J connectivity index is 1.77. The molecule has 2 heterocycles. The van der Waals surface area contributed by atoms with E-state index in [4.69, 9.17) is 9.47 Å². The van der Waals surface area contributed by atoms with Gasteiger partial charge in [-0.1, -0.05) is 0 Å². The van der Waals surface area contributed by atoms with Crippen LogP contribution in [0.2, 0.25) is 0 Å². The van der Waals surface area contributed by atoms with E-state index in [0.717, 1.165) is 39.1 Å². The molecule has 0 aromatic heterocycles. The van der Waals surface area contributed by atoms with Crippen LogP contribution in [-0.2, 0) is 14.3 Å². The minimum atomic E-state index is -0.0236. The highest BCUT2D eigenvalue weighted by Gasteiger charge is 2.28. The van der Waals surface area contributed by atoms with Gasteiger partial charge in [0.25, 0.3) is 0 Å². The molecule has 0 amide bonds. The molecule has 4 heteroatoms. The SMILES string of the molecule is CCOC(=O)[C@@H]1CCCN(CC2CCCO2)C1. The highest BCUT2D eigenvalue weighted by atomic mass is 16.5. The van der Waals surface area contributed by atoms with Crippen molar-refractivity contribution in [3.8, 4) is 0 Å². The number of carbonyl (C=O) groups is 1. The summed E-state index contributed by atoms with van der Waals surface area (Å²) in [5.74, 6) is 0.0506. The van der Waals surface area contributed by atoms with Gasteiger partial charge in [-0.3, -0.25) is 9.69 Å². The lowest BCUT2D eigenvalue weighted by molar-refractivity contribution is -0.150. The van der Waals surface area contributed by atoms with Gasteiger partial charge in [-0.05, 0) is 39.2 Å². The summed E-state index contributed by atoms with van der Waals surface area (Å²) in [5.41, 5.74) is 0. The molecule has 0 bridgehead atoms. The van der Waals surface area contributed by atoms with Gasteiger partial charge in [-0.2, -0.15) is 0 Å². The second-order valence-electron chi connectivity index (χ2n) is 4.99. The van der Waals surface area contributed by atoms with Gasteiger partial charge in [0.05, 0.1) is 18.6 Å². The Hall–Kier alpha value is -0.610. The van der Waals surface area contributed by atoms with Crippen molar-refractivity contribution in [2.75, 3.05) is 32.8 Å². The highest BCUT2D eigenvalue weighted by molar-refractivity contribution is 5.72. The predicted molar refractivity (Wildman–Crippen MR) is 64.8 cm³/mol. The standard InChI is InChI=1S/C13H23NO3/c1-2-16-13(15)11-5-3-7-14(9-11)10-12-6-4-8-17-12/h11-12H,2-10H2,1H3/t11-,12?/m1/s1. The van der Waals surface area contributed by atoms with Gasteiger partial charge in [0.1, 0.15) is 0 Å². The summed E-state index contributed by atoms with van der Waals surface area (Å²) in [5, 5.41) is 0. The van der Waals surface area contributed by atoms with Crippen molar-refractivity contribution < 1.29 is 14.3 Å². The molecule has 0 radical (unpaired) electrons. The van der Waals surface area contributed by atoms with Gasteiger partial charge >= 0.3 is 5.97 Å². The van der Waals surface area contributed by atoms with Crippen LogP contribution in [0.5, 0.6) is 0 Å². The minimum Gasteiger partial charge on any atom is -0.466 e. The number of hydrogen-bond donors (Lipinski definition) is 0. The van der Waals surface area contributed by atoms with Crippen molar-refractivity contribution in [3.05, 3.63) is 0 Å². The summed E-state index contributed by atoms with van der Waals surface area (Å²) in [4.78, 5) is 14.1. The van der Waals surface area contributed by atoms with Crippen LogP contribution >= 0.6 is 0 Å². The molecule has 0 aromatic carbocycles.